The molecule has 1 fully saturated rings. The number of nitrogens with one attached hydrogen (secondary N) is 1. The van der Waals surface area contributed by atoms with Crippen molar-refractivity contribution < 1.29 is 14.7 Å². The van der Waals surface area contributed by atoms with Gasteiger partial charge in [0.25, 0.3) is 0 Å². The highest BCUT2D eigenvalue weighted by atomic mass is 16.4. The second kappa shape index (κ2) is 4.81. The van der Waals surface area contributed by atoms with Gasteiger partial charge in [0.05, 0.1) is 6.42 Å². The first kappa shape index (κ1) is 9.98. The molecule has 1 rings (SSSR count). The topological polar surface area (TPSA) is 69.6 Å². The van der Waals surface area contributed by atoms with Gasteiger partial charge in [-0.1, -0.05) is 0 Å². The lowest BCUT2D eigenvalue weighted by atomic mass is 10.3. The molecule has 0 spiro atoms. The fourth-order valence-electron chi connectivity index (χ4n) is 1.28. The summed E-state index contributed by atoms with van der Waals surface area (Å²) in [5, 5.41) is 11.5. The average molecular weight is 186 g/mol. The molecule has 0 aromatic rings. The first-order chi connectivity index (χ1) is 6.20. The standard InChI is InChI=1S/C8H14N2O3/c11-7-1-3-9-4-6-10(7)5-2-8(12)13/h9H,1-6H2,(H,12,13). The van der Waals surface area contributed by atoms with Crippen LogP contribution in [0, 0.1) is 0 Å². The average Bonchev–Trinajstić information content (AvgIpc) is 2.27. The number of aliphatic carboxylic acids is 1. The van der Waals surface area contributed by atoms with Gasteiger partial charge in [0.2, 0.25) is 5.91 Å². The molecular weight excluding hydrogens is 172 g/mol. The Labute approximate surface area is 76.7 Å². The van der Waals surface area contributed by atoms with Gasteiger partial charge < -0.3 is 15.3 Å². The molecule has 0 aromatic heterocycles. The number of hydrogen-bond donors (Lipinski definition) is 2. The summed E-state index contributed by atoms with van der Waals surface area (Å²) in [6.45, 7) is 2.40. The van der Waals surface area contributed by atoms with E-state index in [1.807, 2.05) is 0 Å². The number of carbonyl (C=O) groups excluding carboxylic acids is 1. The van der Waals surface area contributed by atoms with Gasteiger partial charge in [0, 0.05) is 32.6 Å². The van der Waals surface area contributed by atoms with Crippen LogP contribution < -0.4 is 5.32 Å². The molecule has 1 aliphatic heterocycles. The molecule has 0 atom stereocenters. The van der Waals surface area contributed by atoms with Gasteiger partial charge in [-0.05, 0) is 0 Å². The monoisotopic (exact) mass is 186 g/mol. The molecule has 5 nitrogen and oxygen atoms in total. The minimum absolute atomic E-state index is 0.0335. The van der Waals surface area contributed by atoms with E-state index in [1.165, 1.54) is 0 Å². The summed E-state index contributed by atoms with van der Waals surface area (Å²) in [6, 6.07) is 0. The molecule has 0 radical (unpaired) electrons. The molecule has 1 saturated heterocycles. The van der Waals surface area contributed by atoms with Crippen LogP contribution in [0.1, 0.15) is 12.8 Å². The van der Waals surface area contributed by atoms with Gasteiger partial charge in [0.1, 0.15) is 0 Å². The second-order valence-corrected chi connectivity index (χ2v) is 3.02. The zero-order valence-corrected chi connectivity index (χ0v) is 7.45. The Morgan fingerprint density at radius 1 is 1.54 bits per heavy atom. The van der Waals surface area contributed by atoms with Gasteiger partial charge in [-0.2, -0.15) is 0 Å². The molecule has 74 valence electrons. The zero-order valence-electron chi connectivity index (χ0n) is 7.45. The number of carbonyl (C=O) groups is 2. The molecule has 0 aliphatic carbocycles. The SMILES string of the molecule is O=C(O)CCN1CCNCCC1=O. The van der Waals surface area contributed by atoms with Crippen LogP contribution in [0.25, 0.3) is 0 Å². The van der Waals surface area contributed by atoms with E-state index in [9.17, 15) is 9.59 Å². The second-order valence-electron chi connectivity index (χ2n) is 3.02. The van der Waals surface area contributed by atoms with E-state index in [4.69, 9.17) is 5.11 Å². The summed E-state index contributed by atoms with van der Waals surface area (Å²) in [7, 11) is 0. The fourth-order valence-corrected chi connectivity index (χ4v) is 1.28. The van der Waals surface area contributed by atoms with E-state index >= 15 is 0 Å². The van der Waals surface area contributed by atoms with Crippen molar-refractivity contribution in [1.82, 2.24) is 10.2 Å². The molecule has 0 aromatic carbocycles. The van der Waals surface area contributed by atoms with Crippen LogP contribution in [0.4, 0.5) is 0 Å². The van der Waals surface area contributed by atoms with Crippen LogP contribution in [-0.4, -0.2) is 48.1 Å². The van der Waals surface area contributed by atoms with E-state index in [-0.39, 0.29) is 12.3 Å². The molecule has 0 saturated carbocycles. The lowest BCUT2D eigenvalue weighted by molar-refractivity contribution is -0.138. The van der Waals surface area contributed by atoms with Gasteiger partial charge in [-0.3, -0.25) is 9.59 Å². The van der Waals surface area contributed by atoms with Crippen molar-refractivity contribution in [2.75, 3.05) is 26.2 Å². The summed E-state index contributed by atoms with van der Waals surface area (Å²) >= 11 is 0. The first-order valence-corrected chi connectivity index (χ1v) is 4.40. The molecule has 1 amide bonds. The van der Waals surface area contributed by atoms with E-state index < -0.39 is 5.97 Å². The maximum Gasteiger partial charge on any atom is 0.305 e. The maximum atomic E-state index is 11.3. The van der Waals surface area contributed by atoms with E-state index in [0.29, 0.717) is 26.1 Å². The molecule has 13 heavy (non-hydrogen) atoms. The number of hydrogen-bond acceptors (Lipinski definition) is 3. The van der Waals surface area contributed by atoms with Crippen LogP contribution in [-0.2, 0) is 9.59 Å². The Hall–Kier alpha value is -1.10. The number of nitrogens with zero attached hydrogens (tertiary/aromatic N) is 1. The number of amides is 1. The Balaban J connectivity index is 2.36. The predicted octanol–water partition coefficient (Wildman–Crippen LogP) is -0.717. The molecule has 2 N–H and O–H groups in total. The van der Waals surface area contributed by atoms with Gasteiger partial charge >= 0.3 is 5.97 Å². The summed E-state index contributed by atoms with van der Waals surface area (Å²) in [5.74, 6) is -0.809. The van der Waals surface area contributed by atoms with Crippen LogP contribution in [0.15, 0.2) is 0 Å². The molecule has 1 aliphatic rings. The predicted molar refractivity (Wildman–Crippen MR) is 46.3 cm³/mol. The lowest BCUT2D eigenvalue weighted by Crippen LogP contribution is -2.34. The number of carboxylic acid groups (broad SMARTS) is 1. The molecule has 1 heterocycles. The smallest absolute Gasteiger partial charge is 0.305 e. The zero-order chi connectivity index (χ0) is 9.68. The fraction of sp³-hybridized carbons (Fsp3) is 0.750. The Kier molecular flexibility index (Phi) is 3.70. The van der Waals surface area contributed by atoms with Crippen molar-refractivity contribution in [2.45, 2.75) is 12.8 Å². The Morgan fingerprint density at radius 3 is 3.00 bits per heavy atom. The third-order valence-electron chi connectivity index (χ3n) is 2.02. The van der Waals surface area contributed by atoms with Gasteiger partial charge in [-0.25, -0.2) is 0 Å². The summed E-state index contributed by atoms with van der Waals surface area (Å²) in [6.07, 6.45) is 0.505. The van der Waals surface area contributed by atoms with Crippen molar-refractivity contribution in [2.24, 2.45) is 0 Å². The molecule has 0 bridgehead atoms. The van der Waals surface area contributed by atoms with Crippen molar-refractivity contribution in [3.8, 4) is 0 Å². The number of rotatable bonds is 3. The van der Waals surface area contributed by atoms with Crippen LogP contribution in [0.5, 0.6) is 0 Å². The quantitative estimate of drug-likeness (QED) is 0.610. The minimum atomic E-state index is -0.856. The van der Waals surface area contributed by atoms with E-state index in [1.54, 1.807) is 4.90 Å². The maximum absolute atomic E-state index is 11.3. The van der Waals surface area contributed by atoms with Gasteiger partial charge in [0.15, 0.2) is 0 Å². The summed E-state index contributed by atoms with van der Waals surface area (Å²) in [4.78, 5) is 23.2. The van der Waals surface area contributed by atoms with E-state index in [0.717, 1.165) is 6.54 Å². The Morgan fingerprint density at radius 2 is 2.31 bits per heavy atom. The van der Waals surface area contributed by atoms with Gasteiger partial charge in [-0.15, -0.1) is 0 Å². The molecule has 0 unspecified atom stereocenters. The summed E-state index contributed by atoms with van der Waals surface area (Å²) in [5.41, 5.74) is 0. The largest absolute Gasteiger partial charge is 0.481 e. The summed E-state index contributed by atoms with van der Waals surface area (Å²) < 4.78 is 0. The molecular formula is C8H14N2O3. The van der Waals surface area contributed by atoms with Crippen molar-refractivity contribution in [3.63, 3.8) is 0 Å². The van der Waals surface area contributed by atoms with E-state index in [2.05, 4.69) is 5.32 Å². The normalized spacial score (nSPS) is 18.5. The highest BCUT2D eigenvalue weighted by Crippen LogP contribution is 1.98. The highest BCUT2D eigenvalue weighted by molar-refractivity contribution is 5.77. The van der Waals surface area contributed by atoms with Crippen molar-refractivity contribution >= 4 is 11.9 Å². The Bertz CT molecular complexity index is 206. The van der Waals surface area contributed by atoms with Crippen LogP contribution in [0.3, 0.4) is 0 Å². The van der Waals surface area contributed by atoms with Crippen molar-refractivity contribution in [3.05, 3.63) is 0 Å². The van der Waals surface area contributed by atoms with Crippen LogP contribution >= 0.6 is 0 Å². The number of carboxylic acids is 1. The van der Waals surface area contributed by atoms with Crippen molar-refractivity contribution in [1.29, 1.82) is 0 Å². The molecule has 5 heteroatoms. The minimum Gasteiger partial charge on any atom is -0.481 e. The lowest BCUT2D eigenvalue weighted by Gasteiger charge is -2.18. The highest BCUT2D eigenvalue weighted by Gasteiger charge is 2.16. The third-order valence-corrected chi connectivity index (χ3v) is 2.02. The van der Waals surface area contributed by atoms with Crippen LogP contribution in [0.2, 0.25) is 0 Å². The third kappa shape index (κ3) is 3.42. The first-order valence-electron chi connectivity index (χ1n) is 4.40.